The molecule has 5 nitrogen and oxygen atoms in total. The summed E-state index contributed by atoms with van der Waals surface area (Å²) in [5.41, 5.74) is 1.16. The number of hydrogen-bond donors (Lipinski definition) is 3. The summed E-state index contributed by atoms with van der Waals surface area (Å²) in [4.78, 5) is 14.5. The first-order valence-electron chi connectivity index (χ1n) is 5.33. The van der Waals surface area contributed by atoms with Crippen LogP contribution in [0.1, 0.15) is 18.6 Å². The van der Waals surface area contributed by atoms with E-state index >= 15 is 0 Å². The molecule has 0 fully saturated rings. The highest BCUT2D eigenvalue weighted by Gasteiger charge is 2.18. The van der Waals surface area contributed by atoms with Gasteiger partial charge in [0.05, 0.1) is 10.8 Å². The number of nitrogens with zero attached hydrogens (tertiary/aromatic N) is 1. The van der Waals surface area contributed by atoms with Crippen LogP contribution in [0.2, 0.25) is 0 Å². The van der Waals surface area contributed by atoms with Gasteiger partial charge in [0.15, 0.2) is 0 Å². The Morgan fingerprint density at radius 2 is 2.06 bits per heavy atom. The van der Waals surface area contributed by atoms with Crippen molar-refractivity contribution < 1.29 is 15.0 Å². The van der Waals surface area contributed by atoms with Gasteiger partial charge in [-0.15, -0.1) is 0 Å². The van der Waals surface area contributed by atoms with E-state index in [1.807, 2.05) is 0 Å². The number of thiocarbonyl (C=S) groups is 1. The average molecular weight is 266 g/mol. The highest BCUT2D eigenvalue weighted by atomic mass is 32.1. The minimum absolute atomic E-state index is 0.00363. The normalized spacial score (nSPS) is 13.3. The second kappa shape index (κ2) is 6.98. The zero-order valence-corrected chi connectivity index (χ0v) is 10.6. The van der Waals surface area contributed by atoms with Gasteiger partial charge >= 0.3 is 0 Å². The van der Waals surface area contributed by atoms with Gasteiger partial charge in [0, 0.05) is 13.5 Å². The zero-order chi connectivity index (χ0) is 13.5. The first-order chi connectivity index (χ1) is 8.54. The number of aliphatic imine (C=N–C) groups is 1. The number of rotatable bonds is 5. The summed E-state index contributed by atoms with van der Waals surface area (Å²) < 4.78 is 0. The molecular formula is C12H14N2O3S. The maximum atomic E-state index is 10.7. The number of benzene rings is 1. The van der Waals surface area contributed by atoms with Gasteiger partial charge in [0.1, 0.15) is 12.2 Å². The fourth-order valence-corrected chi connectivity index (χ4v) is 1.49. The minimum Gasteiger partial charge on any atom is -0.388 e. The smallest absolute Gasteiger partial charge is 0.216 e. The number of aliphatic hydroxyl groups excluding tert-OH is 2. The first-order valence-corrected chi connectivity index (χ1v) is 5.74. The van der Waals surface area contributed by atoms with Crippen molar-refractivity contribution in [3.63, 3.8) is 0 Å². The van der Waals surface area contributed by atoms with Crippen LogP contribution in [-0.4, -0.2) is 33.9 Å². The van der Waals surface area contributed by atoms with Crippen LogP contribution in [0.25, 0.3) is 0 Å². The van der Waals surface area contributed by atoms with E-state index in [1.165, 1.54) is 6.92 Å². The Kier molecular flexibility index (Phi) is 5.61. The molecular weight excluding hydrogens is 252 g/mol. The van der Waals surface area contributed by atoms with Crippen LogP contribution >= 0.6 is 12.2 Å². The number of hydrogen-bond acceptors (Lipinski definition) is 5. The average Bonchev–Trinajstić information content (AvgIpc) is 2.36. The molecule has 6 heteroatoms. The van der Waals surface area contributed by atoms with E-state index in [0.717, 1.165) is 0 Å². The molecule has 0 bridgehead atoms. The molecule has 1 aromatic carbocycles. The maximum absolute atomic E-state index is 10.7. The summed E-state index contributed by atoms with van der Waals surface area (Å²) in [6.45, 7) is 1.34. The molecule has 2 unspecified atom stereocenters. The predicted molar refractivity (Wildman–Crippen MR) is 70.8 cm³/mol. The summed E-state index contributed by atoms with van der Waals surface area (Å²) in [6.07, 6.45) is -2.13. The Morgan fingerprint density at radius 1 is 1.44 bits per heavy atom. The van der Waals surface area contributed by atoms with Crippen molar-refractivity contribution in [1.82, 2.24) is 5.32 Å². The van der Waals surface area contributed by atoms with Gasteiger partial charge in [0.25, 0.3) is 0 Å². The van der Waals surface area contributed by atoms with Crippen LogP contribution in [0.15, 0.2) is 29.3 Å². The Morgan fingerprint density at radius 3 is 2.56 bits per heavy atom. The lowest BCUT2D eigenvalue weighted by Gasteiger charge is -2.18. The van der Waals surface area contributed by atoms with E-state index in [-0.39, 0.29) is 12.5 Å². The standard InChI is InChI=1S/C12H14N2O3S/c1-8(15)13-6-11(16)12(17)9-2-4-10(5-3-9)14-7-18/h2-5,11-12,16-17H,6H2,1H3,(H,13,15). The van der Waals surface area contributed by atoms with Crippen molar-refractivity contribution >= 4 is 29.0 Å². The second-order valence-corrected chi connectivity index (χ2v) is 3.93. The molecule has 0 spiro atoms. The quantitative estimate of drug-likeness (QED) is 0.547. The zero-order valence-electron chi connectivity index (χ0n) is 9.83. The van der Waals surface area contributed by atoms with Crippen LogP contribution in [0.4, 0.5) is 5.69 Å². The number of aliphatic hydroxyl groups is 2. The van der Waals surface area contributed by atoms with Crippen LogP contribution < -0.4 is 5.32 Å². The van der Waals surface area contributed by atoms with Gasteiger partial charge < -0.3 is 15.5 Å². The van der Waals surface area contributed by atoms with Gasteiger partial charge in [-0.2, -0.15) is 4.99 Å². The molecule has 0 aromatic heterocycles. The van der Waals surface area contributed by atoms with Crippen molar-refractivity contribution in [1.29, 1.82) is 0 Å². The summed E-state index contributed by atoms with van der Waals surface area (Å²) in [7, 11) is 0. The number of nitrogens with one attached hydrogen (secondary N) is 1. The van der Waals surface area contributed by atoms with Crippen molar-refractivity contribution in [2.24, 2.45) is 4.99 Å². The Labute approximate surface area is 110 Å². The number of amides is 1. The molecule has 0 saturated heterocycles. The Hall–Kier alpha value is -1.59. The third-order valence-electron chi connectivity index (χ3n) is 2.33. The van der Waals surface area contributed by atoms with E-state index in [2.05, 4.69) is 27.7 Å². The summed E-state index contributed by atoms with van der Waals surface area (Å²) in [6, 6.07) is 6.58. The van der Waals surface area contributed by atoms with Crippen molar-refractivity contribution in [3.05, 3.63) is 29.8 Å². The summed E-state index contributed by atoms with van der Waals surface area (Å²) in [5.74, 6) is -0.257. The molecule has 1 amide bonds. The highest BCUT2D eigenvalue weighted by Crippen LogP contribution is 2.20. The molecule has 0 aliphatic heterocycles. The SMILES string of the molecule is CC(=O)NCC(O)C(O)c1ccc(N=C=S)cc1. The number of carbonyl (C=O) groups excluding carboxylic acids is 1. The lowest BCUT2D eigenvalue weighted by atomic mass is 10.0. The predicted octanol–water partition coefficient (Wildman–Crippen LogP) is 0.951. The fourth-order valence-electron chi connectivity index (χ4n) is 1.38. The third kappa shape index (κ3) is 4.35. The maximum Gasteiger partial charge on any atom is 0.216 e. The molecule has 96 valence electrons. The van der Waals surface area contributed by atoms with Gasteiger partial charge in [-0.3, -0.25) is 4.79 Å². The molecule has 1 aromatic rings. The van der Waals surface area contributed by atoms with E-state index in [1.54, 1.807) is 24.3 Å². The molecule has 1 rings (SSSR count). The molecule has 0 aliphatic carbocycles. The van der Waals surface area contributed by atoms with Crippen LogP contribution in [0.3, 0.4) is 0 Å². The molecule has 0 heterocycles. The van der Waals surface area contributed by atoms with Crippen LogP contribution in [0.5, 0.6) is 0 Å². The largest absolute Gasteiger partial charge is 0.388 e. The topological polar surface area (TPSA) is 81.9 Å². The van der Waals surface area contributed by atoms with Gasteiger partial charge in [-0.1, -0.05) is 12.1 Å². The molecule has 18 heavy (non-hydrogen) atoms. The van der Waals surface area contributed by atoms with Crippen molar-refractivity contribution in [3.8, 4) is 0 Å². The second-order valence-electron chi connectivity index (χ2n) is 3.74. The fraction of sp³-hybridized carbons (Fsp3) is 0.333. The van der Waals surface area contributed by atoms with Crippen LogP contribution in [0, 0.1) is 0 Å². The van der Waals surface area contributed by atoms with Crippen LogP contribution in [-0.2, 0) is 4.79 Å². The molecule has 0 saturated carbocycles. The third-order valence-corrected chi connectivity index (χ3v) is 2.43. The van der Waals surface area contributed by atoms with E-state index < -0.39 is 12.2 Å². The monoisotopic (exact) mass is 266 g/mol. The van der Waals surface area contributed by atoms with Crippen molar-refractivity contribution in [2.75, 3.05) is 6.54 Å². The van der Waals surface area contributed by atoms with E-state index in [4.69, 9.17) is 0 Å². The molecule has 0 aliphatic rings. The lowest BCUT2D eigenvalue weighted by Crippen LogP contribution is -2.34. The summed E-state index contributed by atoms with van der Waals surface area (Å²) >= 11 is 4.47. The Balaban J connectivity index is 2.67. The van der Waals surface area contributed by atoms with Gasteiger partial charge in [-0.05, 0) is 29.9 Å². The molecule has 0 radical (unpaired) electrons. The van der Waals surface area contributed by atoms with Gasteiger partial charge in [0.2, 0.25) is 5.91 Å². The van der Waals surface area contributed by atoms with Gasteiger partial charge in [-0.25, -0.2) is 0 Å². The lowest BCUT2D eigenvalue weighted by molar-refractivity contribution is -0.119. The highest BCUT2D eigenvalue weighted by molar-refractivity contribution is 7.78. The Bertz CT molecular complexity index is 455. The van der Waals surface area contributed by atoms with E-state index in [9.17, 15) is 15.0 Å². The number of isothiocyanates is 1. The first kappa shape index (κ1) is 14.5. The number of carbonyl (C=O) groups is 1. The molecule has 2 atom stereocenters. The van der Waals surface area contributed by atoms with Crippen molar-refractivity contribution in [2.45, 2.75) is 19.1 Å². The minimum atomic E-state index is -1.07. The molecule has 3 N–H and O–H groups in total. The van der Waals surface area contributed by atoms with E-state index in [0.29, 0.717) is 11.3 Å². The summed E-state index contributed by atoms with van der Waals surface area (Å²) in [5, 5.41) is 24.2.